The molecule has 0 aliphatic carbocycles. The number of fused-ring (bicyclic) bond motifs is 1. The van der Waals surface area contributed by atoms with Gasteiger partial charge in [-0.25, -0.2) is 0 Å². The van der Waals surface area contributed by atoms with Gasteiger partial charge in [0.1, 0.15) is 0 Å². The number of hydrogen-bond acceptors (Lipinski definition) is 5. The summed E-state index contributed by atoms with van der Waals surface area (Å²) >= 11 is 0. The van der Waals surface area contributed by atoms with Crippen LogP contribution in [0.5, 0.6) is 0 Å². The number of nitrogens with one attached hydrogen (secondary N) is 2. The molecule has 128 valence electrons. The quantitative estimate of drug-likeness (QED) is 0.670. The largest absolute Gasteiger partial charge is 0.387 e. The minimum absolute atomic E-state index is 0.367. The lowest BCUT2D eigenvalue weighted by molar-refractivity contribution is -0.0917. The number of aliphatic hydroxyl groups is 1. The van der Waals surface area contributed by atoms with Crippen molar-refractivity contribution in [3.05, 3.63) is 24.5 Å². The van der Waals surface area contributed by atoms with E-state index in [1.54, 1.807) is 6.20 Å². The Balaban J connectivity index is 1.36. The molecule has 2 fully saturated rings. The van der Waals surface area contributed by atoms with Crippen LogP contribution in [0.25, 0.3) is 0 Å². The van der Waals surface area contributed by atoms with Crippen molar-refractivity contribution in [1.82, 2.24) is 15.2 Å². The molecule has 5 heteroatoms. The molecule has 23 heavy (non-hydrogen) atoms. The van der Waals surface area contributed by atoms with E-state index in [0.717, 1.165) is 51.0 Å². The van der Waals surface area contributed by atoms with Crippen LogP contribution in [0.15, 0.2) is 24.5 Å². The molecule has 0 unspecified atom stereocenters. The molecule has 0 amide bonds. The standard InChI is InChI=1S/C18H30N4O/c23-18(8-4-13-22-12-2-1-7-17(18)22)15-20-10-5-11-21-16-6-3-9-19-14-16/h3,6,9,14,17,20-21,23H,1-2,4-5,7-8,10-13,15H2/t17-,18-/m1/s1. The Bertz CT molecular complexity index is 467. The van der Waals surface area contributed by atoms with E-state index in [9.17, 15) is 5.11 Å². The fourth-order valence-corrected chi connectivity index (χ4v) is 4.05. The zero-order chi connectivity index (χ0) is 16.0. The molecular formula is C18H30N4O. The molecule has 0 radical (unpaired) electrons. The van der Waals surface area contributed by atoms with Crippen molar-refractivity contribution >= 4 is 5.69 Å². The van der Waals surface area contributed by atoms with Crippen LogP contribution < -0.4 is 10.6 Å². The summed E-state index contributed by atoms with van der Waals surface area (Å²) < 4.78 is 0. The van der Waals surface area contributed by atoms with Gasteiger partial charge < -0.3 is 15.7 Å². The molecule has 2 aliphatic heterocycles. The highest BCUT2D eigenvalue weighted by Gasteiger charge is 2.43. The first kappa shape index (κ1) is 16.7. The number of pyridine rings is 1. The number of aromatic nitrogens is 1. The molecule has 0 spiro atoms. The molecule has 2 atom stereocenters. The highest BCUT2D eigenvalue weighted by Crippen LogP contribution is 2.33. The summed E-state index contributed by atoms with van der Waals surface area (Å²) in [6.45, 7) is 4.92. The minimum Gasteiger partial charge on any atom is -0.387 e. The SMILES string of the molecule is O[C@@]1(CNCCCNc2cccnc2)CCCN2CCCC[C@@H]21. The van der Waals surface area contributed by atoms with E-state index in [-0.39, 0.29) is 0 Å². The summed E-state index contributed by atoms with van der Waals surface area (Å²) in [6, 6.07) is 4.34. The molecule has 1 aromatic rings. The van der Waals surface area contributed by atoms with Gasteiger partial charge in [-0.1, -0.05) is 6.42 Å². The summed E-state index contributed by atoms with van der Waals surface area (Å²) in [7, 11) is 0. The second-order valence-electron chi connectivity index (χ2n) is 6.95. The molecular weight excluding hydrogens is 288 g/mol. The fourth-order valence-electron chi connectivity index (χ4n) is 4.05. The van der Waals surface area contributed by atoms with E-state index in [0.29, 0.717) is 6.04 Å². The first-order chi connectivity index (χ1) is 11.3. The summed E-state index contributed by atoms with van der Waals surface area (Å²) in [5.74, 6) is 0. The average Bonchev–Trinajstić information content (AvgIpc) is 2.59. The maximum Gasteiger partial charge on any atom is 0.0926 e. The normalized spacial score (nSPS) is 28.3. The maximum atomic E-state index is 11.1. The van der Waals surface area contributed by atoms with Crippen molar-refractivity contribution in [2.24, 2.45) is 0 Å². The predicted octanol–water partition coefficient (Wildman–Crippen LogP) is 1.85. The third kappa shape index (κ3) is 4.43. The van der Waals surface area contributed by atoms with Crippen LogP contribution in [0.3, 0.4) is 0 Å². The molecule has 3 rings (SSSR count). The van der Waals surface area contributed by atoms with Crippen LogP contribution >= 0.6 is 0 Å². The van der Waals surface area contributed by atoms with Crippen LogP contribution in [0.2, 0.25) is 0 Å². The summed E-state index contributed by atoms with van der Waals surface area (Å²) in [6.07, 6.45) is 10.4. The average molecular weight is 318 g/mol. The van der Waals surface area contributed by atoms with Gasteiger partial charge in [-0.3, -0.25) is 9.88 Å². The van der Waals surface area contributed by atoms with Gasteiger partial charge in [0.05, 0.1) is 11.3 Å². The smallest absolute Gasteiger partial charge is 0.0926 e. The van der Waals surface area contributed by atoms with Gasteiger partial charge in [0.2, 0.25) is 0 Å². The zero-order valence-electron chi connectivity index (χ0n) is 14.0. The molecule has 3 heterocycles. The van der Waals surface area contributed by atoms with Crippen LogP contribution in [0, 0.1) is 0 Å². The Kier molecular flexibility index (Phi) is 5.86. The van der Waals surface area contributed by atoms with Gasteiger partial charge in [0.25, 0.3) is 0 Å². The Hall–Kier alpha value is -1.17. The Morgan fingerprint density at radius 2 is 2.17 bits per heavy atom. The summed E-state index contributed by atoms with van der Waals surface area (Å²) in [5, 5.41) is 17.9. The van der Waals surface area contributed by atoms with Crippen molar-refractivity contribution in [2.45, 2.75) is 50.2 Å². The molecule has 1 aromatic heterocycles. The molecule has 0 aromatic carbocycles. The van der Waals surface area contributed by atoms with Crippen molar-refractivity contribution in [2.75, 3.05) is 38.0 Å². The Morgan fingerprint density at radius 3 is 3.04 bits per heavy atom. The topological polar surface area (TPSA) is 60.4 Å². The van der Waals surface area contributed by atoms with Gasteiger partial charge in [0.15, 0.2) is 0 Å². The number of rotatable bonds is 7. The number of anilines is 1. The second-order valence-corrected chi connectivity index (χ2v) is 6.95. The monoisotopic (exact) mass is 318 g/mol. The number of nitrogens with zero attached hydrogens (tertiary/aromatic N) is 2. The van der Waals surface area contributed by atoms with Crippen LogP contribution in [0.4, 0.5) is 5.69 Å². The van der Waals surface area contributed by atoms with Crippen molar-refractivity contribution < 1.29 is 5.11 Å². The number of hydrogen-bond donors (Lipinski definition) is 3. The molecule has 0 saturated carbocycles. The van der Waals surface area contributed by atoms with Crippen LogP contribution in [0.1, 0.15) is 38.5 Å². The summed E-state index contributed by atoms with van der Waals surface area (Å²) in [5.41, 5.74) is 0.534. The highest BCUT2D eigenvalue weighted by atomic mass is 16.3. The lowest BCUT2D eigenvalue weighted by atomic mass is 9.79. The van der Waals surface area contributed by atoms with E-state index in [1.165, 1.54) is 25.9 Å². The predicted molar refractivity (Wildman–Crippen MR) is 93.6 cm³/mol. The van der Waals surface area contributed by atoms with Crippen molar-refractivity contribution in [3.63, 3.8) is 0 Å². The minimum atomic E-state index is -0.532. The molecule has 2 aliphatic rings. The van der Waals surface area contributed by atoms with Crippen molar-refractivity contribution in [3.8, 4) is 0 Å². The van der Waals surface area contributed by atoms with Crippen LogP contribution in [-0.4, -0.2) is 59.4 Å². The lowest BCUT2D eigenvalue weighted by Gasteiger charge is -2.49. The maximum absolute atomic E-state index is 11.1. The van der Waals surface area contributed by atoms with E-state index < -0.39 is 5.60 Å². The van der Waals surface area contributed by atoms with Crippen LogP contribution in [-0.2, 0) is 0 Å². The van der Waals surface area contributed by atoms with Crippen molar-refractivity contribution in [1.29, 1.82) is 0 Å². The zero-order valence-corrected chi connectivity index (χ0v) is 14.0. The fraction of sp³-hybridized carbons (Fsp3) is 0.722. The lowest BCUT2D eigenvalue weighted by Crippen LogP contribution is -2.62. The van der Waals surface area contributed by atoms with E-state index in [1.807, 2.05) is 18.3 Å². The molecule has 2 saturated heterocycles. The first-order valence-electron chi connectivity index (χ1n) is 9.09. The molecule has 5 nitrogen and oxygen atoms in total. The number of piperidine rings is 2. The Labute approximate surface area is 139 Å². The molecule has 3 N–H and O–H groups in total. The van der Waals surface area contributed by atoms with Gasteiger partial charge >= 0.3 is 0 Å². The van der Waals surface area contributed by atoms with E-state index in [2.05, 4.69) is 20.5 Å². The van der Waals surface area contributed by atoms with Gasteiger partial charge in [0, 0.05) is 31.5 Å². The second kappa shape index (κ2) is 8.08. The van der Waals surface area contributed by atoms with Gasteiger partial charge in [-0.2, -0.15) is 0 Å². The summed E-state index contributed by atoms with van der Waals surface area (Å²) in [4.78, 5) is 6.61. The van der Waals surface area contributed by atoms with E-state index >= 15 is 0 Å². The highest BCUT2D eigenvalue weighted by molar-refractivity contribution is 5.39. The van der Waals surface area contributed by atoms with Gasteiger partial charge in [-0.15, -0.1) is 0 Å². The third-order valence-corrected chi connectivity index (χ3v) is 5.24. The third-order valence-electron chi connectivity index (χ3n) is 5.24. The molecule has 0 bridgehead atoms. The first-order valence-corrected chi connectivity index (χ1v) is 9.09. The Morgan fingerprint density at radius 1 is 1.26 bits per heavy atom. The van der Waals surface area contributed by atoms with Gasteiger partial charge in [-0.05, 0) is 63.9 Å². The van der Waals surface area contributed by atoms with E-state index in [4.69, 9.17) is 0 Å².